The van der Waals surface area contributed by atoms with E-state index in [1.165, 1.54) is 0 Å². The standard InChI is InChI=1S/C13H24N2O4/c1-10(5-4-7-12(16)17)15-13(18)14-9-11-6-2-3-8-19-11/h10-11H,2-9H2,1H3,(H,16,17)(H2,14,15,18). The molecule has 1 aliphatic heterocycles. The van der Waals surface area contributed by atoms with Crippen molar-refractivity contribution in [2.45, 2.75) is 57.6 Å². The Morgan fingerprint density at radius 1 is 1.42 bits per heavy atom. The number of hydrogen-bond donors (Lipinski definition) is 3. The van der Waals surface area contributed by atoms with Crippen molar-refractivity contribution < 1.29 is 19.4 Å². The summed E-state index contributed by atoms with van der Waals surface area (Å²) in [6.45, 7) is 3.19. The van der Waals surface area contributed by atoms with Crippen LogP contribution in [0.25, 0.3) is 0 Å². The molecule has 1 aliphatic rings. The molecule has 1 fully saturated rings. The Balaban J connectivity index is 2.07. The summed E-state index contributed by atoms with van der Waals surface area (Å²) in [6, 6.07) is -0.233. The fourth-order valence-electron chi connectivity index (χ4n) is 2.08. The van der Waals surface area contributed by atoms with Gasteiger partial charge in [0.05, 0.1) is 6.10 Å². The second-order valence-corrected chi connectivity index (χ2v) is 5.03. The molecule has 0 bridgehead atoms. The van der Waals surface area contributed by atoms with Crippen LogP contribution < -0.4 is 10.6 Å². The highest BCUT2D eigenvalue weighted by molar-refractivity contribution is 5.74. The van der Waals surface area contributed by atoms with E-state index in [0.717, 1.165) is 25.9 Å². The Bertz CT molecular complexity index is 290. The fraction of sp³-hybridized carbons (Fsp3) is 0.846. The van der Waals surface area contributed by atoms with Gasteiger partial charge in [-0.15, -0.1) is 0 Å². The molecule has 0 aromatic rings. The molecule has 2 atom stereocenters. The zero-order valence-electron chi connectivity index (χ0n) is 11.5. The highest BCUT2D eigenvalue weighted by Crippen LogP contribution is 2.11. The molecular formula is C13H24N2O4. The van der Waals surface area contributed by atoms with Crippen LogP contribution in [0.4, 0.5) is 4.79 Å². The van der Waals surface area contributed by atoms with Crippen molar-refractivity contribution in [3.05, 3.63) is 0 Å². The highest BCUT2D eigenvalue weighted by atomic mass is 16.5. The average Bonchev–Trinajstić information content (AvgIpc) is 2.37. The lowest BCUT2D eigenvalue weighted by Gasteiger charge is -2.23. The number of amides is 2. The molecule has 0 aliphatic carbocycles. The van der Waals surface area contributed by atoms with Gasteiger partial charge >= 0.3 is 12.0 Å². The van der Waals surface area contributed by atoms with Gasteiger partial charge in [-0.1, -0.05) is 0 Å². The third-order valence-electron chi connectivity index (χ3n) is 3.17. The van der Waals surface area contributed by atoms with Crippen LogP contribution in [0.2, 0.25) is 0 Å². The van der Waals surface area contributed by atoms with Gasteiger partial charge in [-0.25, -0.2) is 4.79 Å². The molecule has 2 amide bonds. The van der Waals surface area contributed by atoms with Crippen LogP contribution in [0.3, 0.4) is 0 Å². The number of aliphatic carboxylic acids is 1. The first kappa shape index (κ1) is 15.8. The number of rotatable bonds is 7. The van der Waals surface area contributed by atoms with Crippen LogP contribution >= 0.6 is 0 Å². The highest BCUT2D eigenvalue weighted by Gasteiger charge is 2.15. The quantitative estimate of drug-likeness (QED) is 0.655. The number of urea groups is 1. The van der Waals surface area contributed by atoms with E-state index < -0.39 is 5.97 Å². The van der Waals surface area contributed by atoms with E-state index >= 15 is 0 Å². The van der Waals surface area contributed by atoms with Crippen LogP contribution in [-0.4, -0.2) is 42.4 Å². The van der Waals surface area contributed by atoms with E-state index in [-0.39, 0.29) is 24.6 Å². The van der Waals surface area contributed by atoms with E-state index in [0.29, 0.717) is 19.4 Å². The minimum absolute atomic E-state index is 0.0216. The third kappa shape index (κ3) is 7.66. The smallest absolute Gasteiger partial charge is 0.315 e. The number of carbonyl (C=O) groups is 2. The van der Waals surface area contributed by atoms with E-state index in [9.17, 15) is 9.59 Å². The third-order valence-corrected chi connectivity index (χ3v) is 3.17. The maximum absolute atomic E-state index is 11.6. The van der Waals surface area contributed by atoms with Gasteiger partial charge in [-0.05, 0) is 39.0 Å². The second kappa shape index (κ2) is 8.74. The second-order valence-electron chi connectivity index (χ2n) is 5.03. The SMILES string of the molecule is CC(CCCC(=O)O)NC(=O)NCC1CCCCO1. The lowest BCUT2D eigenvalue weighted by molar-refractivity contribution is -0.137. The lowest BCUT2D eigenvalue weighted by atomic mass is 10.1. The number of carboxylic acid groups (broad SMARTS) is 1. The summed E-state index contributed by atoms with van der Waals surface area (Å²) in [5.41, 5.74) is 0. The molecule has 0 radical (unpaired) electrons. The lowest BCUT2D eigenvalue weighted by Crippen LogP contribution is -2.44. The van der Waals surface area contributed by atoms with Crippen molar-refractivity contribution in [3.8, 4) is 0 Å². The molecule has 110 valence electrons. The van der Waals surface area contributed by atoms with Crippen molar-refractivity contribution in [2.75, 3.05) is 13.2 Å². The minimum Gasteiger partial charge on any atom is -0.481 e. The maximum atomic E-state index is 11.6. The van der Waals surface area contributed by atoms with Crippen LogP contribution in [0.15, 0.2) is 0 Å². The van der Waals surface area contributed by atoms with Gasteiger partial charge in [0.25, 0.3) is 0 Å². The largest absolute Gasteiger partial charge is 0.481 e. The topological polar surface area (TPSA) is 87.7 Å². The summed E-state index contributed by atoms with van der Waals surface area (Å²) in [5, 5.41) is 14.1. The van der Waals surface area contributed by atoms with E-state index in [4.69, 9.17) is 9.84 Å². The molecule has 0 aromatic carbocycles. The molecule has 6 nitrogen and oxygen atoms in total. The maximum Gasteiger partial charge on any atom is 0.315 e. The monoisotopic (exact) mass is 272 g/mol. The molecule has 6 heteroatoms. The summed E-state index contributed by atoms with van der Waals surface area (Å²) in [6.07, 6.45) is 4.75. The Labute approximate surface area is 113 Å². The van der Waals surface area contributed by atoms with Gasteiger partial charge in [0.15, 0.2) is 0 Å². The Morgan fingerprint density at radius 3 is 2.84 bits per heavy atom. The van der Waals surface area contributed by atoms with Crippen LogP contribution in [0.1, 0.15) is 45.4 Å². The van der Waals surface area contributed by atoms with Crippen LogP contribution in [-0.2, 0) is 9.53 Å². The average molecular weight is 272 g/mol. The Hall–Kier alpha value is -1.30. The van der Waals surface area contributed by atoms with Crippen LogP contribution in [0, 0.1) is 0 Å². The van der Waals surface area contributed by atoms with Crippen molar-refractivity contribution in [3.63, 3.8) is 0 Å². The van der Waals surface area contributed by atoms with Gasteiger partial charge in [0.2, 0.25) is 0 Å². The fourth-order valence-corrected chi connectivity index (χ4v) is 2.08. The normalized spacial score (nSPS) is 20.6. The summed E-state index contributed by atoms with van der Waals surface area (Å²) < 4.78 is 5.52. The number of ether oxygens (including phenoxy) is 1. The van der Waals surface area contributed by atoms with E-state index in [1.54, 1.807) is 0 Å². The van der Waals surface area contributed by atoms with Gasteiger partial charge < -0.3 is 20.5 Å². The Morgan fingerprint density at radius 2 is 2.21 bits per heavy atom. The van der Waals surface area contributed by atoms with Crippen molar-refractivity contribution in [2.24, 2.45) is 0 Å². The minimum atomic E-state index is -0.800. The van der Waals surface area contributed by atoms with Gasteiger partial charge in [-0.2, -0.15) is 0 Å². The number of nitrogens with one attached hydrogen (secondary N) is 2. The first-order valence-electron chi connectivity index (χ1n) is 6.95. The molecular weight excluding hydrogens is 248 g/mol. The molecule has 0 aromatic heterocycles. The predicted octanol–water partition coefficient (Wildman–Crippen LogP) is 1.50. The number of carbonyl (C=O) groups excluding carboxylic acids is 1. The van der Waals surface area contributed by atoms with Crippen LogP contribution in [0.5, 0.6) is 0 Å². The van der Waals surface area contributed by atoms with E-state index in [1.807, 2.05) is 6.92 Å². The predicted molar refractivity (Wildman–Crippen MR) is 71.1 cm³/mol. The van der Waals surface area contributed by atoms with Gasteiger partial charge in [0.1, 0.15) is 0 Å². The van der Waals surface area contributed by atoms with E-state index in [2.05, 4.69) is 10.6 Å². The number of carboxylic acids is 1. The number of hydrogen-bond acceptors (Lipinski definition) is 3. The summed E-state index contributed by atoms with van der Waals surface area (Å²) >= 11 is 0. The molecule has 2 unspecified atom stereocenters. The molecule has 0 saturated carbocycles. The Kier molecular flexibility index (Phi) is 7.25. The van der Waals surface area contributed by atoms with Gasteiger partial charge in [0, 0.05) is 25.6 Å². The molecule has 1 saturated heterocycles. The molecule has 1 heterocycles. The summed E-state index contributed by atoms with van der Waals surface area (Å²) in [5.74, 6) is -0.800. The van der Waals surface area contributed by atoms with Crippen molar-refractivity contribution in [1.82, 2.24) is 10.6 Å². The summed E-state index contributed by atoms with van der Waals surface area (Å²) in [7, 11) is 0. The first-order valence-corrected chi connectivity index (χ1v) is 6.95. The summed E-state index contributed by atoms with van der Waals surface area (Å²) in [4.78, 5) is 22.0. The zero-order chi connectivity index (χ0) is 14.1. The molecule has 19 heavy (non-hydrogen) atoms. The molecule has 1 rings (SSSR count). The molecule has 0 spiro atoms. The molecule has 3 N–H and O–H groups in total. The first-order chi connectivity index (χ1) is 9.08. The zero-order valence-corrected chi connectivity index (χ0v) is 11.5. The van der Waals surface area contributed by atoms with Crippen molar-refractivity contribution >= 4 is 12.0 Å². The van der Waals surface area contributed by atoms with Crippen molar-refractivity contribution in [1.29, 1.82) is 0 Å². The van der Waals surface area contributed by atoms with Gasteiger partial charge in [-0.3, -0.25) is 4.79 Å².